The third-order valence-electron chi connectivity index (χ3n) is 3.97. The molecule has 20 heavy (non-hydrogen) atoms. The molecule has 116 valence electrons. The van der Waals surface area contributed by atoms with Crippen molar-refractivity contribution in [1.29, 1.82) is 0 Å². The Morgan fingerprint density at radius 1 is 1.35 bits per heavy atom. The Morgan fingerprint density at radius 3 is 2.65 bits per heavy atom. The van der Waals surface area contributed by atoms with Crippen molar-refractivity contribution >= 4 is 12.0 Å². The molecule has 5 nitrogen and oxygen atoms in total. The first-order valence-electron chi connectivity index (χ1n) is 7.64. The highest BCUT2D eigenvalue weighted by molar-refractivity contribution is 5.83. The molecular weight excluding hydrogens is 256 g/mol. The van der Waals surface area contributed by atoms with Crippen molar-refractivity contribution in [2.75, 3.05) is 13.1 Å². The Morgan fingerprint density at radius 2 is 2.05 bits per heavy atom. The summed E-state index contributed by atoms with van der Waals surface area (Å²) in [5, 5.41) is 12.0. The number of aliphatic carboxylic acids is 1. The molecule has 0 aliphatic carbocycles. The average molecular weight is 284 g/mol. The van der Waals surface area contributed by atoms with Crippen LogP contribution in [-0.2, 0) is 4.79 Å². The van der Waals surface area contributed by atoms with Gasteiger partial charge in [0.1, 0.15) is 6.04 Å². The number of carbonyl (C=O) groups is 2. The summed E-state index contributed by atoms with van der Waals surface area (Å²) in [5.41, 5.74) is 0.0588. The number of hydrogen-bond donors (Lipinski definition) is 2. The van der Waals surface area contributed by atoms with Crippen LogP contribution in [0.25, 0.3) is 0 Å². The molecule has 0 aromatic carbocycles. The minimum atomic E-state index is -0.903. The highest BCUT2D eigenvalue weighted by Crippen LogP contribution is 2.23. The van der Waals surface area contributed by atoms with Gasteiger partial charge in [0, 0.05) is 13.1 Å². The Bertz CT molecular complexity index is 342. The molecule has 2 N–H and O–H groups in total. The average Bonchev–Trinajstić information content (AvgIpc) is 2.85. The Labute approximate surface area is 121 Å². The molecule has 1 fully saturated rings. The summed E-state index contributed by atoms with van der Waals surface area (Å²) in [6.07, 6.45) is 5.97. The van der Waals surface area contributed by atoms with Crippen LogP contribution in [0.3, 0.4) is 0 Å². The van der Waals surface area contributed by atoms with Crippen molar-refractivity contribution in [1.82, 2.24) is 10.2 Å². The number of nitrogens with zero attached hydrogens (tertiary/aromatic N) is 1. The fraction of sp³-hybridized carbons (Fsp3) is 0.867. The van der Waals surface area contributed by atoms with E-state index >= 15 is 0 Å². The van der Waals surface area contributed by atoms with Crippen molar-refractivity contribution in [3.05, 3.63) is 0 Å². The van der Waals surface area contributed by atoms with Crippen LogP contribution >= 0.6 is 0 Å². The fourth-order valence-corrected chi connectivity index (χ4v) is 2.62. The minimum absolute atomic E-state index is 0.0588. The van der Waals surface area contributed by atoms with Gasteiger partial charge in [0.2, 0.25) is 0 Å². The molecule has 1 unspecified atom stereocenters. The van der Waals surface area contributed by atoms with Gasteiger partial charge in [-0.3, -0.25) is 0 Å². The number of hydrogen-bond acceptors (Lipinski definition) is 2. The van der Waals surface area contributed by atoms with E-state index < -0.39 is 12.0 Å². The van der Waals surface area contributed by atoms with Gasteiger partial charge in [0.15, 0.2) is 0 Å². The predicted octanol–water partition coefficient (Wildman–Crippen LogP) is 2.85. The monoisotopic (exact) mass is 284 g/mol. The molecule has 1 saturated heterocycles. The predicted molar refractivity (Wildman–Crippen MR) is 78.7 cm³/mol. The zero-order valence-electron chi connectivity index (χ0n) is 12.9. The van der Waals surface area contributed by atoms with E-state index in [-0.39, 0.29) is 11.4 Å². The van der Waals surface area contributed by atoms with Gasteiger partial charge in [-0.15, -0.1) is 0 Å². The zero-order valence-corrected chi connectivity index (χ0v) is 12.9. The van der Waals surface area contributed by atoms with Crippen LogP contribution < -0.4 is 5.32 Å². The summed E-state index contributed by atoms with van der Waals surface area (Å²) in [6.45, 7) is 7.59. The van der Waals surface area contributed by atoms with Gasteiger partial charge >= 0.3 is 12.0 Å². The summed E-state index contributed by atoms with van der Waals surface area (Å²) in [4.78, 5) is 24.6. The van der Waals surface area contributed by atoms with Crippen LogP contribution in [0.5, 0.6) is 0 Å². The van der Waals surface area contributed by atoms with E-state index in [9.17, 15) is 9.59 Å². The number of carbonyl (C=O) groups excluding carboxylic acids is 1. The topological polar surface area (TPSA) is 69.6 Å². The molecule has 1 aliphatic heterocycles. The number of carboxylic acid groups (broad SMARTS) is 1. The summed E-state index contributed by atoms with van der Waals surface area (Å²) in [7, 11) is 0. The maximum Gasteiger partial charge on any atom is 0.326 e. The molecule has 0 saturated carbocycles. The van der Waals surface area contributed by atoms with Crippen molar-refractivity contribution < 1.29 is 14.7 Å². The first-order valence-corrected chi connectivity index (χ1v) is 7.64. The summed E-state index contributed by atoms with van der Waals surface area (Å²) < 4.78 is 0. The Balaban J connectivity index is 2.40. The van der Waals surface area contributed by atoms with Crippen LogP contribution in [0.15, 0.2) is 0 Å². The molecule has 0 aromatic heterocycles. The minimum Gasteiger partial charge on any atom is -0.480 e. The second-order valence-corrected chi connectivity index (χ2v) is 6.47. The van der Waals surface area contributed by atoms with Crippen LogP contribution in [0.2, 0.25) is 0 Å². The van der Waals surface area contributed by atoms with Crippen molar-refractivity contribution in [3.8, 4) is 0 Å². The maximum absolute atomic E-state index is 12.1. The quantitative estimate of drug-likeness (QED) is 0.706. The maximum atomic E-state index is 12.1. The number of urea groups is 1. The molecule has 5 heteroatoms. The van der Waals surface area contributed by atoms with Crippen LogP contribution in [0, 0.1) is 5.41 Å². The van der Waals surface area contributed by atoms with Gasteiger partial charge in [0.05, 0.1) is 0 Å². The van der Waals surface area contributed by atoms with E-state index in [0.29, 0.717) is 19.5 Å². The normalized spacial score (nSPS) is 19.1. The standard InChI is InChI=1S/C15H28N2O3/c1-4-5-6-9-15(2,3)11-16-14(20)17-10-7-8-12(17)13(18)19/h12H,4-11H2,1-3H3,(H,16,20)(H,18,19). The number of carboxylic acids is 1. The van der Waals surface area contributed by atoms with Crippen molar-refractivity contribution in [2.45, 2.75) is 65.3 Å². The van der Waals surface area contributed by atoms with Crippen LogP contribution in [-0.4, -0.2) is 41.1 Å². The van der Waals surface area contributed by atoms with Crippen molar-refractivity contribution in [3.63, 3.8) is 0 Å². The lowest BCUT2D eigenvalue weighted by Gasteiger charge is -2.28. The van der Waals surface area contributed by atoms with Crippen LogP contribution in [0.4, 0.5) is 4.79 Å². The third kappa shape index (κ3) is 5.02. The van der Waals surface area contributed by atoms with E-state index in [2.05, 4.69) is 26.1 Å². The number of amides is 2. The largest absolute Gasteiger partial charge is 0.480 e. The smallest absolute Gasteiger partial charge is 0.326 e. The second kappa shape index (κ2) is 7.50. The molecule has 1 heterocycles. The zero-order chi connectivity index (χ0) is 15.2. The first-order chi connectivity index (χ1) is 9.37. The van der Waals surface area contributed by atoms with E-state index in [1.807, 2.05) is 0 Å². The Kier molecular flexibility index (Phi) is 6.30. The van der Waals surface area contributed by atoms with Crippen molar-refractivity contribution in [2.24, 2.45) is 5.41 Å². The fourth-order valence-electron chi connectivity index (χ4n) is 2.62. The number of rotatable bonds is 7. The Hall–Kier alpha value is -1.26. The molecule has 1 aliphatic rings. The molecule has 1 atom stereocenters. The van der Waals surface area contributed by atoms with Gasteiger partial charge in [-0.05, 0) is 24.7 Å². The molecule has 0 spiro atoms. The SMILES string of the molecule is CCCCCC(C)(C)CNC(=O)N1CCCC1C(=O)O. The van der Waals surface area contributed by atoms with E-state index in [0.717, 1.165) is 12.8 Å². The van der Waals surface area contributed by atoms with E-state index in [1.54, 1.807) is 0 Å². The van der Waals surface area contributed by atoms with E-state index in [1.165, 1.54) is 24.2 Å². The number of unbranched alkanes of at least 4 members (excludes halogenated alkanes) is 2. The molecular formula is C15H28N2O3. The van der Waals surface area contributed by atoms with E-state index in [4.69, 9.17) is 5.11 Å². The summed E-state index contributed by atoms with van der Waals surface area (Å²) in [5.74, 6) is -0.903. The number of likely N-dealkylation sites (tertiary alicyclic amines) is 1. The van der Waals surface area contributed by atoms with Gasteiger partial charge in [-0.2, -0.15) is 0 Å². The molecule has 0 radical (unpaired) electrons. The lowest BCUT2D eigenvalue weighted by molar-refractivity contribution is -0.141. The third-order valence-corrected chi connectivity index (χ3v) is 3.97. The lowest BCUT2D eigenvalue weighted by atomic mass is 9.87. The highest BCUT2D eigenvalue weighted by atomic mass is 16.4. The molecule has 0 aromatic rings. The lowest BCUT2D eigenvalue weighted by Crippen LogP contribution is -2.48. The molecule has 0 bridgehead atoms. The number of nitrogens with one attached hydrogen (secondary N) is 1. The van der Waals surface area contributed by atoms with Gasteiger partial charge in [-0.25, -0.2) is 9.59 Å². The van der Waals surface area contributed by atoms with Gasteiger partial charge < -0.3 is 15.3 Å². The van der Waals surface area contributed by atoms with Gasteiger partial charge in [0.25, 0.3) is 0 Å². The molecule has 2 amide bonds. The summed E-state index contributed by atoms with van der Waals surface area (Å²) in [6, 6.07) is -0.892. The second-order valence-electron chi connectivity index (χ2n) is 6.47. The highest BCUT2D eigenvalue weighted by Gasteiger charge is 2.34. The first kappa shape index (κ1) is 16.8. The summed E-state index contributed by atoms with van der Waals surface area (Å²) >= 11 is 0. The van der Waals surface area contributed by atoms with Gasteiger partial charge in [-0.1, -0.05) is 40.0 Å². The molecule has 1 rings (SSSR count). The van der Waals surface area contributed by atoms with Crippen LogP contribution in [0.1, 0.15) is 59.3 Å².